The number of hydrogen-bond acceptors (Lipinski definition) is 42. The molecule has 22 N–H and O–H groups in total. The Morgan fingerprint density at radius 1 is 0.456 bits per heavy atom. The lowest BCUT2D eigenvalue weighted by atomic mass is 9.33. The van der Waals surface area contributed by atoms with Gasteiger partial charge in [0.25, 0.3) is 5.91 Å². The van der Waals surface area contributed by atoms with Gasteiger partial charge in [-0.05, 0) is 129 Å². The number of aliphatic hydroxyl groups excluding tert-OH is 21. The van der Waals surface area contributed by atoms with Crippen LogP contribution in [-0.4, -0.2) is 410 Å². The third-order valence-corrected chi connectivity index (χ3v) is 32.4. The lowest BCUT2D eigenvalue weighted by molar-refractivity contribution is -0.397. The van der Waals surface area contributed by atoms with Crippen LogP contribution in [0.2, 0.25) is 0 Å². The van der Waals surface area contributed by atoms with E-state index in [2.05, 4.69) is 46.0 Å². The molecule has 4 saturated carbocycles. The van der Waals surface area contributed by atoms with Crippen molar-refractivity contribution in [3.8, 4) is 0 Å². The molecule has 1 aromatic rings. The molecule has 0 spiro atoms. The summed E-state index contributed by atoms with van der Waals surface area (Å²) in [6.07, 6.45) is -59.6. The van der Waals surface area contributed by atoms with Crippen LogP contribution in [0.25, 0.3) is 0 Å². The lowest BCUT2D eigenvalue weighted by Gasteiger charge is -2.71. The Hall–Kier alpha value is -4.40. The van der Waals surface area contributed by atoms with Crippen molar-refractivity contribution in [2.45, 2.75) is 417 Å². The summed E-state index contributed by atoms with van der Waals surface area (Å²) in [7, 11) is 0. The largest absolute Gasteiger partial charge is 0.461 e. The van der Waals surface area contributed by atoms with Gasteiger partial charge in [0.05, 0.1) is 62.9 Å². The van der Waals surface area contributed by atoms with Crippen LogP contribution in [0, 0.1) is 50.2 Å². The average molecular weight is 1950 g/mol. The lowest BCUT2D eigenvalue weighted by Crippen LogP contribution is -2.70. The normalized spacial score (nSPS) is 48.6. The average Bonchev–Trinajstić information content (AvgIpc) is 0.667. The van der Waals surface area contributed by atoms with E-state index in [0.717, 1.165) is 49.5 Å². The maximum atomic E-state index is 16.2. The van der Waals surface area contributed by atoms with Crippen molar-refractivity contribution in [3.63, 3.8) is 0 Å². The Bertz CT molecular complexity index is 4110. The molecule has 0 unspecified atom stereocenters. The number of esters is 2. The zero-order valence-corrected chi connectivity index (χ0v) is 77.9. The number of rotatable bonds is 33. The fraction of sp³-hybridized carbons (Fsp3) is 0.871. The molecule has 14 rings (SSSR count). The van der Waals surface area contributed by atoms with Gasteiger partial charge >= 0.3 is 11.9 Å². The first-order chi connectivity index (χ1) is 64.4. The highest BCUT2D eigenvalue weighted by molar-refractivity contribution is 5.82. The summed E-state index contributed by atoms with van der Waals surface area (Å²) in [4.78, 5) is 58.0. The van der Waals surface area contributed by atoms with Gasteiger partial charge in [-0.2, -0.15) is 0 Å². The van der Waals surface area contributed by atoms with Crippen molar-refractivity contribution in [3.05, 3.63) is 47.5 Å². The summed E-state index contributed by atoms with van der Waals surface area (Å²) in [5, 5.41) is 240. The second-order valence-corrected chi connectivity index (χ2v) is 41.6. The predicted molar refractivity (Wildman–Crippen MR) is 458 cm³/mol. The van der Waals surface area contributed by atoms with Crippen molar-refractivity contribution in [1.29, 1.82) is 0 Å². The number of carbonyl (C=O) groups excluding carboxylic acids is 4. The fourth-order valence-corrected chi connectivity index (χ4v) is 24.0. The van der Waals surface area contributed by atoms with E-state index in [1.807, 2.05) is 30.3 Å². The summed E-state index contributed by atoms with van der Waals surface area (Å²) >= 11 is 0. The van der Waals surface area contributed by atoms with Crippen molar-refractivity contribution in [2.75, 3.05) is 39.6 Å². The Kier molecular flexibility index (Phi) is 34.9. The number of hydrogen-bond donors (Lipinski definition) is 22. The molecule has 5 aliphatic carbocycles. The van der Waals surface area contributed by atoms with E-state index in [9.17, 15) is 122 Å². The highest BCUT2D eigenvalue weighted by Gasteiger charge is 2.74. The molecular weight excluding hydrogens is 1800 g/mol. The number of fused-ring (bicyclic) bond motifs is 7. The smallest absolute Gasteiger partial charge is 0.317 e. The Morgan fingerprint density at radius 3 is 1.57 bits per heavy atom. The molecule has 13 aliphatic rings. The van der Waals surface area contributed by atoms with Gasteiger partial charge in [-0.25, -0.2) is 0 Å². The second-order valence-electron chi connectivity index (χ2n) is 41.6. The van der Waals surface area contributed by atoms with Crippen LogP contribution in [0.5, 0.6) is 0 Å². The van der Waals surface area contributed by atoms with E-state index in [-0.39, 0.29) is 44.3 Å². The molecule has 8 heterocycles. The number of aliphatic hydroxyl groups is 21. The van der Waals surface area contributed by atoms with Gasteiger partial charge in [-0.3, -0.25) is 14.4 Å². The molecule has 774 valence electrons. The van der Waals surface area contributed by atoms with E-state index in [4.69, 9.17) is 80.5 Å². The number of amides is 1. The predicted octanol–water partition coefficient (Wildman–Crippen LogP) is -4.24. The number of allylic oxidation sites excluding steroid dienone is 2. The van der Waals surface area contributed by atoms with Crippen LogP contribution in [0.1, 0.15) is 177 Å². The molecular formula is C93H145NO42. The van der Waals surface area contributed by atoms with Crippen molar-refractivity contribution >= 4 is 24.1 Å². The molecule has 0 radical (unpaired) electrons. The number of nitrogens with one attached hydrogen (secondary N) is 1. The molecule has 8 aliphatic heterocycles. The van der Waals surface area contributed by atoms with Crippen LogP contribution in [0.15, 0.2) is 42.0 Å². The monoisotopic (exact) mass is 1950 g/mol. The highest BCUT2D eigenvalue weighted by Crippen LogP contribution is 2.76. The van der Waals surface area contributed by atoms with Crippen LogP contribution in [0.3, 0.4) is 0 Å². The second kappa shape index (κ2) is 44.3. The molecule has 43 nitrogen and oxygen atoms in total. The van der Waals surface area contributed by atoms with Gasteiger partial charge in [0, 0.05) is 13.0 Å². The van der Waals surface area contributed by atoms with E-state index in [1.54, 1.807) is 6.92 Å². The number of benzene rings is 1. The van der Waals surface area contributed by atoms with E-state index in [1.165, 1.54) is 13.8 Å². The fourth-order valence-electron chi connectivity index (χ4n) is 24.0. The van der Waals surface area contributed by atoms with Crippen molar-refractivity contribution < 1.29 is 207 Å². The topological polar surface area (TPSA) is 662 Å². The van der Waals surface area contributed by atoms with E-state index < -0.39 is 329 Å². The Morgan fingerprint density at radius 2 is 0.971 bits per heavy atom. The molecule has 0 aromatic heterocycles. The van der Waals surface area contributed by atoms with Crippen molar-refractivity contribution in [1.82, 2.24) is 5.32 Å². The first-order valence-electron chi connectivity index (χ1n) is 48.1. The molecule has 1 amide bonds. The quantitative estimate of drug-likeness (QED) is 0.0104. The zero-order valence-electron chi connectivity index (χ0n) is 77.9. The van der Waals surface area contributed by atoms with Crippen LogP contribution >= 0.6 is 0 Å². The van der Waals surface area contributed by atoms with E-state index in [0.29, 0.717) is 64.2 Å². The first kappa shape index (κ1) is 107. The number of ether oxygens (including phenoxy) is 17. The summed E-state index contributed by atoms with van der Waals surface area (Å²) in [6.45, 7) is 11.7. The number of aldehydes is 1. The summed E-state index contributed by atoms with van der Waals surface area (Å²) in [6, 6.07) is 9.41. The van der Waals surface area contributed by atoms with Gasteiger partial charge in [0.15, 0.2) is 56.2 Å². The highest BCUT2D eigenvalue weighted by atomic mass is 16.8. The van der Waals surface area contributed by atoms with Crippen LogP contribution in [0.4, 0.5) is 0 Å². The Balaban J connectivity index is 0.695. The minimum atomic E-state index is -2.22. The number of carbonyl (C=O) groups is 4. The first-order valence-corrected chi connectivity index (χ1v) is 48.1. The van der Waals surface area contributed by atoms with E-state index >= 15 is 4.79 Å². The van der Waals surface area contributed by atoms with Gasteiger partial charge in [-0.1, -0.05) is 122 Å². The third kappa shape index (κ3) is 21.2. The SMILES string of the molecule is C[C@@H]1O[C@H](O[C@H]2[C@H](OC(=O)[C@]34CCC(C)(C)C[C@H]3C3=CC[C@@H]5[C@@]6(C)CC[C@H](O[C@@H]7O[C@H](C(=O)NCCCCCCCCCCC(=O)OCc8ccccc8)[C@@H](O)[C@H](O[C@@H]8OC[C@@H](O)[C@H](O)[C@H]8O)[C@H]7O[C@@H]7O[C@H](CO)[C@H](O)[C@H](O)[C@H]7O)[C@@](C)(C=O)[C@@H]6CC[C@@]5(C)[C@]3(C)C[C@H]4O)O[C@H](C)[C@H](O)[C@@H]2O)[C@H](O)[C@H](O[C@@H]2O[C@H](CO)[C@@H](O)[C@H](O)[C@H]2O)[C@H]1O[C@H]1OC[C@H](O)[C@@H](O[C@H]2OC[C@H](O)[C@@H](O)[C@@H]2O)[C@@H]1O. The molecule has 0 bridgehead atoms. The van der Waals surface area contributed by atoms with Crippen LogP contribution < -0.4 is 5.32 Å². The molecule has 1 aromatic carbocycles. The zero-order chi connectivity index (χ0) is 98.5. The van der Waals surface area contributed by atoms with Gasteiger partial charge < -0.3 is 198 Å². The van der Waals surface area contributed by atoms with Crippen molar-refractivity contribution in [2.24, 2.45) is 50.2 Å². The summed E-state index contributed by atoms with van der Waals surface area (Å²) in [5.74, 6) is -3.65. The standard InChI is InChI=1S/C93H145NO42/c1-41-56(103)63(110)76(134-84-70(117)74(132-82-66(113)61(108)59(106)49(34-95)126-82)71(42(2)125-84)129-81-69(116)72(48(100)39-123-81)130-79-64(111)57(104)46(98)37-121-79)85(124-41)136-87(119)93-30-29-88(3,4)32-45(93)44-23-24-52-89(5)27-26-54(90(6,40-97)51(89)25-28-91(52,7)92(44,8)33-53(93)101)128-86-77(135-83-67(114)62(109)60(107)50(35-96)127-83)73(131-80-65(112)58(105)47(99)38-122-80)68(115)75(133-86)78(118)94-31-19-14-12-10-9-11-13-18-22-55(102)120-36-43-20-16-15-17-21-43/h15-17,20-21,23,40-42,45-54,56-77,79-86,95-96,98-101,103-117H,9-14,18-19,22,24-39H2,1-8H3,(H,94,118)/t41-,42+,45+,46+,47-,48+,49-,50-,51-,52-,53-,54+,56+,57-,58+,59-,60+,61+,62+,63+,64+,65-,66-,67-,68+,69+,70-,71+,72-,73+,74+,75+,76-,77-,79-,80+,81-,82+,83+,84-,85+,86-,89+,90+,91-,92-,93-/m1/s1. The minimum absolute atomic E-state index is 0.0113. The van der Waals surface area contributed by atoms with Gasteiger partial charge in [0.2, 0.25) is 6.29 Å². The maximum absolute atomic E-state index is 16.2. The Labute approximate surface area is 787 Å². The molecule has 12 fully saturated rings. The molecule has 47 atom stereocenters. The number of unbranched alkanes of at least 4 members (excludes halogenated alkanes) is 7. The maximum Gasteiger partial charge on any atom is 0.317 e. The minimum Gasteiger partial charge on any atom is -0.461 e. The summed E-state index contributed by atoms with van der Waals surface area (Å²) < 4.78 is 104. The third-order valence-electron chi connectivity index (χ3n) is 32.4. The van der Waals surface area contributed by atoms with Gasteiger partial charge in [-0.15, -0.1) is 0 Å². The van der Waals surface area contributed by atoms with Gasteiger partial charge in [0.1, 0.15) is 171 Å². The molecule has 8 saturated heterocycles. The molecule has 136 heavy (non-hydrogen) atoms. The molecule has 43 heteroatoms. The summed E-state index contributed by atoms with van der Waals surface area (Å²) in [5.41, 5.74) is -4.30. The van der Waals surface area contributed by atoms with Crippen LogP contribution in [-0.2, 0) is 106 Å².